The van der Waals surface area contributed by atoms with Gasteiger partial charge in [-0.25, -0.2) is 4.98 Å². The molecule has 1 aromatic heterocycles. The highest BCUT2D eigenvalue weighted by atomic mass is 35.5. The quantitative estimate of drug-likeness (QED) is 0.710. The fourth-order valence-electron chi connectivity index (χ4n) is 3.27. The molecule has 0 atom stereocenters. The zero-order valence-corrected chi connectivity index (χ0v) is 18.0. The van der Waals surface area contributed by atoms with E-state index in [0.717, 1.165) is 18.8 Å². The lowest BCUT2D eigenvalue weighted by Crippen LogP contribution is -2.49. The van der Waals surface area contributed by atoms with Gasteiger partial charge in [-0.2, -0.15) is 0 Å². The molecule has 0 bridgehead atoms. The molecule has 1 saturated heterocycles. The number of rotatable bonds is 5. The highest BCUT2D eigenvalue weighted by molar-refractivity contribution is 6.34. The van der Waals surface area contributed by atoms with E-state index in [1.165, 1.54) is 6.20 Å². The highest BCUT2D eigenvalue weighted by Crippen LogP contribution is 2.30. The van der Waals surface area contributed by atoms with Crippen LogP contribution in [0.3, 0.4) is 0 Å². The Morgan fingerprint density at radius 2 is 1.86 bits per heavy atom. The van der Waals surface area contributed by atoms with Gasteiger partial charge in [0.25, 0.3) is 5.91 Å². The minimum absolute atomic E-state index is 0.151. The number of carbonyl (C=O) groups excluding carboxylic acids is 2. The second-order valence-electron chi connectivity index (χ2n) is 7.43. The molecule has 1 aliphatic heterocycles. The zero-order valence-electron chi connectivity index (χ0n) is 16.5. The van der Waals surface area contributed by atoms with Crippen molar-refractivity contribution in [3.63, 3.8) is 0 Å². The van der Waals surface area contributed by atoms with Gasteiger partial charge in [-0.05, 0) is 36.2 Å². The van der Waals surface area contributed by atoms with Crippen LogP contribution >= 0.6 is 23.2 Å². The normalized spacial score (nSPS) is 14.2. The Bertz CT molecular complexity index is 896. The van der Waals surface area contributed by atoms with Crippen molar-refractivity contribution in [2.24, 2.45) is 5.92 Å². The van der Waals surface area contributed by atoms with Crippen LogP contribution in [0.2, 0.25) is 10.2 Å². The van der Waals surface area contributed by atoms with E-state index in [-0.39, 0.29) is 17.0 Å². The largest absolute Gasteiger partial charge is 0.367 e. The molecule has 0 spiro atoms. The lowest BCUT2D eigenvalue weighted by Gasteiger charge is -2.36. The van der Waals surface area contributed by atoms with Crippen LogP contribution in [0.25, 0.3) is 0 Å². The fraction of sp³-hybridized carbons (Fsp3) is 0.381. The molecule has 0 saturated carbocycles. The minimum atomic E-state index is -0.343. The Balaban J connectivity index is 1.62. The van der Waals surface area contributed by atoms with Gasteiger partial charge in [-0.1, -0.05) is 37.0 Å². The summed E-state index contributed by atoms with van der Waals surface area (Å²) in [5.74, 6) is 0.223. The molecule has 2 aromatic rings. The Morgan fingerprint density at radius 3 is 2.48 bits per heavy atom. The number of nitrogens with zero attached hydrogens (tertiary/aromatic N) is 3. The van der Waals surface area contributed by atoms with Crippen LogP contribution in [-0.2, 0) is 4.79 Å². The summed E-state index contributed by atoms with van der Waals surface area (Å²) in [7, 11) is 0. The average Bonchev–Trinajstić information content (AvgIpc) is 2.68. The molecule has 1 N–H and O–H groups in total. The van der Waals surface area contributed by atoms with E-state index < -0.39 is 0 Å². The summed E-state index contributed by atoms with van der Waals surface area (Å²) >= 11 is 12.5. The fourth-order valence-corrected chi connectivity index (χ4v) is 3.78. The summed E-state index contributed by atoms with van der Waals surface area (Å²) in [5, 5.41) is 3.49. The van der Waals surface area contributed by atoms with Crippen LogP contribution < -0.4 is 10.2 Å². The third kappa shape index (κ3) is 5.40. The van der Waals surface area contributed by atoms with Gasteiger partial charge in [-0.15, -0.1) is 0 Å². The molecule has 29 heavy (non-hydrogen) atoms. The molecule has 8 heteroatoms. The molecule has 2 heterocycles. The van der Waals surface area contributed by atoms with E-state index in [2.05, 4.69) is 29.0 Å². The molecular weight excluding hydrogens is 411 g/mol. The number of pyridine rings is 1. The number of aromatic nitrogens is 1. The molecule has 0 unspecified atom stereocenters. The average molecular weight is 435 g/mol. The molecule has 3 rings (SSSR count). The van der Waals surface area contributed by atoms with Crippen molar-refractivity contribution in [3.8, 4) is 0 Å². The summed E-state index contributed by atoms with van der Waals surface area (Å²) in [4.78, 5) is 32.6. The van der Waals surface area contributed by atoms with Gasteiger partial charge < -0.3 is 15.1 Å². The van der Waals surface area contributed by atoms with Gasteiger partial charge in [0.1, 0.15) is 5.15 Å². The third-order valence-corrected chi connectivity index (χ3v) is 5.37. The zero-order chi connectivity index (χ0) is 21.0. The first-order chi connectivity index (χ1) is 13.8. The maximum Gasteiger partial charge on any atom is 0.258 e. The summed E-state index contributed by atoms with van der Waals surface area (Å²) in [6.45, 7) is 6.91. The number of halogens is 2. The summed E-state index contributed by atoms with van der Waals surface area (Å²) in [6, 6.07) is 8.67. The molecular formula is C21H24Cl2N4O2. The molecule has 0 aliphatic carbocycles. The van der Waals surface area contributed by atoms with Crippen LogP contribution in [0.15, 0.2) is 36.5 Å². The standard InChI is InChI=1S/C21H24Cl2N4O2/c1-14(2)12-19(28)27-10-8-26(9-11-27)18-6-5-15(13-17(18)22)25-21(29)16-4-3-7-24-20(16)23/h3-7,13-14H,8-12H2,1-2H3,(H,25,29). The van der Waals surface area contributed by atoms with E-state index in [1.807, 2.05) is 11.0 Å². The Kier molecular flexibility index (Phi) is 6.98. The number of hydrogen-bond donors (Lipinski definition) is 1. The monoisotopic (exact) mass is 434 g/mol. The number of anilines is 2. The Hall–Kier alpha value is -2.31. The van der Waals surface area contributed by atoms with Crippen molar-refractivity contribution >= 4 is 46.4 Å². The van der Waals surface area contributed by atoms with E-state index in [1.54, 1.807) is 24.3 Å². The van der Waals surface area contributed by atoms with E-state index >= 15 is 0 Å². The molecule has 154 valence electrons. The number of amides is 2. The summed E-state index contributed by atoms with van der Waals surface area (Å²) < 4.78 is 0. The van der Waals surface area contributed by atoms with Crippen molar-refractivity contribution < 1.29 is 9.59 Å². The second kappa shape index (κ2) is 9.46. The molecule has 2 amide bonds. The van der Waals surface area contributed by atoms with Crippen molar-refractivity contribution in [1.82, 2.24) is 9.88 Å². The first-order valence-electron chi connectivity index (χ1n) is 9.59. The number of nitrogens with one attached hydrogen (secondary N) is 1. The first kappa shape index (κ1) is 21.4. The van der Waals surface area contributed by atoms with Gasteiger partial charge in [0.05, 0.1) is 16.3 Å². The maximum atomic E-state index is 12.4. The Morgan fingerprint density at radius 1 is 1.14 bits per heavy atom. The van der Waals surface area contributed by atoms with Crippen molar-refractivity contribution in [1.29, 1.82) is 0 Å². The maximum absolute atomic E-state index is 12.4. The predicted octanol–water partition coefficient (Wildman–Crippen LogP) is 4.34. The van der Waals surface area contributed by atoms with Crippen molar-refractivity contribution in [3.05, 3.63) is 52.3 Å². The van der Waals surface area contributed by atoms with Gasteiger partial charge in [0.15, 0.2) is 0 Å². The van der Waals surface area contributed by atoms with Crippen LogP contribution in [0.1, 0.15) is 30.6 Å². The summed E-state index contributed by atoms with van der Waals surface area (Å²) in [6.07, 6.45) is 2.11. The van der Waals surface area contributed by atoms with Crippen molar-refractivity contribution in [2.75, 3.05) is 36.4 Å². The molecule has 6 nitrogen and oxygen atoms in total. The molecule has 1 fully saturated rings. The van der Waals surface area contributed by atoms with Gasteiger partial charge in [-0.3, -0.25) is 9.59 Å². The first-order valence-corrected chi connectivity index (χ1v) is 10.3. The topological polar surface area (TPSA) is 65.5 Å². The Labute approximate surface area is 180 Å². The van der Waals surface area contributed by atoms with Crippen LogP contribution in [0, 0.1) is 5.92 Å². The highest BCUT2D eigenvalue weighted by Gasteiger charge is 2.23. The van der Waals surface area contributed by atoms with E-state index in [9.17, 15) is 9.59 Å². The molecule has 1 aliphatic rings. The van der Waals surface area contributed by atoms with Gasteiger partial charge in [0.2, 0.25) is 5.91 Å². The smallest absolute Gasteiger partial charge is 0.258 e. The number of benzene rings is 1. The van der Waals surface area contributed by atoms with Crippen LogP contribution in [-0.4, -0.2) is 47.9 Å². The van der Waals surface area contributed by atoms with E-state index in [4.69, 9.17) is 23.2 Å². The number of carbonyl (C=O) groups is 2. The third-order valence-electron chi connectivity index (χ3n) is 4.77. The van der Waals surface area contributed by atoms with Crippen LogP contribution in [0.4, 0.5) is 11.4 Å². The molecule has 0 radical (unpaired) electrons. The lowest BCUT2D eigenvalue weighted by atomic mass is 10.1. The second-order valence-corrected chi connectivity index (χ2v) is 8.19. The number of hydrogen-bond acceptors (Lipinski definition) is 4. The SMILES string of the molecule is CC(C)CC(=O)N1CCN(c2ccc(NC(=O)c3cccnc3Cl)cc2Cl)CC1. The predicted molar refractivity (Wildman–Crippen MR) is 117 cm³/mol. The van der Waals surface area contributed by atoms with Gasteiger partial charge in [0, 0.05) is 44.5 Å². The molecule has 1 aromatic carbocycles. The van der Waals surface area contributed by atoms with E-state index in [0.29, 0.717) is 41.7 Å². The summed E-state index contributed by atoms with van der Waals surface area (Å²) in [5.41, 5.74) is 1.77. The lowest BCUT2D eigenvalue weighted by molar-refractivity contribution is -0.132. The van der Waals surface area contributed by atoms with Gasteiger partial charge >= 0.3 is 0 Å². The van der Waals surface area contributed by atoms with Crippen LogP contribution in [0.5, 0.6) is 0 Å². The van der Waals surface area contributed by atoms with Crippen molar-refractivity contribution in [2.45, 2.75) is 20.3 Å². The minimum Gasteiger partial charge on any atom is -0.367 e. The number of piperazine rings is 1.